The number of ether oxygens (including phenoxy) is 3. The van der Waals surface area contributed by atoms with Crippen LogP contribution < -0.4 is 14.8 Å². The summed E-state index contributed by atoms with van der Waals surface area (Å²) in [5.41, 5.74) is 1.02. The van der Waals surface area contributed by atoms with Crippen molar-refractivity contribution in [3.8, 4) is 17.6 Å². The second kappa shape index (κ2) is 12.5. The second-order valence-corrected chi connectivity index (χ2v) is 4.92. The molecule has 0 saturated carbocycles. The van der Waals surface area contributed by atoms with Gasteiger partial charge < -0.3 is 24.6 Å². The van der Waals surface area contributed by atoms with Crippen molar-refractivity contribution >= 4 is 28.3 Å². The van der Waals surface area contributed by atoms with Crippen LogP contribution in [0.1, 0.15) is 5.56 Å². The first-order valence-electron chi connectivity index (χ1n) is 6.48. The molecule has 0 bridgehead atoms. The molecule has 0 aliphatic heterocycles. The van der Waals surface area contributed by atoms with Gasteiger partial charge in [-0.1, -0.05) is 0 Å². The Morgan fingerprint density at radius 1 is 1.36 bits per heavy atom. The zero-order chi connectivity index (χ0) is 15.5. The van der Waals surface area contributed by atoms with E-state index in [1.165, 1.54) is 0 Å². The van der Waals surface area contributed by atoms with Gasteiger partial charge in [0.1, 0.15) is 6.07 Å². The minimum Gasteiger partial charge on any atom is -0.493 e. The summed E-state index contributed by atoms with van der Waals surface area (Å²) in [6.07, 6.45) is 0. The number of nitrogens with zero attached hydrogens (tertiary/aromatic N) is 1. The average Bonchev–Trinajstić information content (AvgIpc) is 2.49. The number of nitriles is 1. The van der Waals surface area contributed by atoms with Gasteiger partial charge in [0, 0.05) is 13.1 Å². The summed E-state index contributed by atoms with van der Waals surface area (Å²) in [7, 11) is 1.56. The van der Waals surface area contributed by atoms with E-state index in [0.29, 0.717) is 37.8 Å². The van der Waals surface area contributed by atoms with E-state index in [1.54, 1.807) is 7.11 Å². The summed E-state index contributed by atoms with van der Waals surface area (Å²) >= 11 is 3.42. The van der Waals surface area contributed by atoms with Crippen LogP contribution in [0.4, 0.5) is 0 Å². The van der Waals surface area contributed by atoms with Gasteiger partial charge in [-0.15, -0.1) is 12.4 Å². The molecule has 0 spiro atoms. The summed E-state index contributed by atoms with van der Waals surface area (Å²) in [6, 6.07) is 5.70. The fraction of sp³-hybridized carbons (Fsp3) is 0.500. The first kappa shape index (κ1) is 21.0. The predicted molar refractivity (Wildman–Crippen MR) is 88.7 cm³/mol. The number of hydrogen-bond donors (Lipinski definition) is 2. The van der Waals surface area contributed by atoms with Gasteiger partial charge >= 0.3 is 0 Å². The lowest BCUT2D eigenvalue weighted by molar-refractivity contribution is 0.0938. The van der Waals surface area contributed by atoms with Crippen LogP contribution in [-0.4, -0.2) is 45.2 Å². The summed E-state index contributed by atoms with van der Waals surface area (Å²) in [5.74, 6) is 1.10. The lowest BCUT2D eigenvalue weighted by Gasteiger charge is -2.13. The van der Waals surface area contributed by atoms with Crippen molar-refractivity contribution in [1.29, 1.82) is 5.26 Å². The molecular formula is C14H20BrClN2O4. The molecule has 2 N–H and O–H groups in total. The number of aliphatic hydroxyl groups is 1. The molecule has 124 valence electrons. The number of benzene rings is 1. The van der Waals surface area contributed by atoms with Crippen molar-refractivity contribution in [3.63, 3.8) is 0 Å². The van der Waals surface area contributed by atoms with E-state index >= 15 is 0 Å². The van der Waals surface area contributed by atoms with Crippen molar-refractivity contribution in [1.82, 2.24) is 5.32 Å². The van der Waals surface area contributed by atoms with Crippen LogP contribution in [0.25, 0.3) is 0 Å². The Kier molecular flexibility index (Phi) is 11.9. The SMILES string of the molecule is COc1cc(CNCCOCCO)cc(Br)c1OCC#N.Cl. The molecule has 22 heavy (non-hydrogen) atoms. The minimum absolute atomic E-state index is 0. The monoisotopic (exact) mass is 394 g/mol. The Hall–Kier alpha value is -1.04. The highest BCUT2D eigenvalue weighted by Crippen LogP contribution is 2.36. The molecule has 0 aromatic heterocycles. The Morgan fingerprint density at radius 2 is 2.14 bits per heavy atom. The lowest BCUT2D eigenvalue weighted by atomic mass is 10.2. The topological polar surface area (TPSA) is 83.7 Å². The number of nitrogens with one attached hydrogen (secondary N) is 1. The van der Waals surface area contributed by atoms with Gasteiger partial charge in [0.2, 0.25) is 0 Å². The summed E-state index contributed by atoms with van der Waals surface area (Å²) in [5, 5.41) is 20.4. The van der Waals surface area contributed by atoms with Crippen LogP contribution in [0.5, 0.6) is 11.5 Å². The summed E-state index contributed by atoms with van der Waals surface area (Å²) in [4.78, 5) is 0. The second-order valence-electron chi connectivity index (χ2n) is 4.07. The van der Waals surface area contributed by atoms with Crippen LogP contribution in [0.15, 0.2) is 16.6 Å². The molecule has 0 saturated heterocycles. The van der Waals surface area contributed by atoms with Crippen LogP contribution in [0.3, 0.4) is 0 Å². The fourth-order valence-corrected chi connectivity index (χ4v) is 2.27. The van der Waals surface area contributed by atoms with Gasteiger partial charge in [0.25, 0.3) is 0 Å². The molecule has 0 heterocycles. The van der Waals surface area contributed by atoms with Gasteiger partial charge in [0.05, 0.1) is 31.4 Å². The number of aliphatic hydroxyl groups excluding tert-OH is 1. The maximum absolute atomic E-state index is 8.58. The zero-order valence-corrected chi connectivity index (χ0v) is 14.7. The largest absolute Gasteiger partial charge is 0.493 e. The molecule has 0 radical (unpaired) electrons. The standard InChI is InChI=1S/C14H19BrN2O4.ClH/c1-19-13-9-11(10-17-3-6-20-7-4-18)8-12(15)14(13)21-5-2-16;/h8-9,17-18H,3-7,10H2,1H3;1H. The van der Waals surface area contributed by atoms with Crippen molar-refractivity contribution in [2.45, 2.75) is 6.54 Å². The van der Waals surface area contributed by atoms with Gasteiger partial charge in [-0.3, -0.25) is 0 Å². The Balaban J connectivity index is 0.00000441. The normalized spacial score (nSPS) is 9.73. The van der Waals surface area contributed by atoms with Crippen molar-refractivity contribution in [3.05, 3.63) is 22.2 Å². The fourth-order valence-electron chi connectivity index (χ4n) is 1.66. The molecule has 0 atom stereocenters. The van der Waals surface area contributed by atoms with Crippen molar-refractivity contribution in [2.24, 2.45) is 0 Å². The number of halogens is 2. The number of methoxy groups -OCH3 is 1. The summed E-state index contributed by atoms with van der Waals surface area (Å²) in [6.45, 7) is 2.24. The van der Waals surface area contributed by atoms with Crippen LogP contribution in [-0.2, 0) is 11.3 Å². The molecule has 8 heteroatoms. The minimum atomic E-state index is -0.0330. The quantitative estimate of drug-likeness (QED) is 0.589. The maximum Gasteiger partial charge on any atom is 0.176 e. The zero-order valence-electron chi connectivity index (χ0n) is 12.3. The predicted octanol–water partition coefficient (Wildman–Crippen LogP) is 1.88. The third-order valence-electron chi connectivity index (χ3n) is 2.56. The number of hydrogen-bond acceptors (Lipinski definition) is 6. The first-order valence-corrected chi connectivity index (χ1v) is 7.27. The van der Waals surface area contributed by atoms with Gasteiger partial charge in [-0.2, -0.15) is 5.26 Å². The van der Waals surface area contributed by atoms with Crippen molar-refractivity contribution in [2.75, 3.05) is 40.1 Å². The first-order chi connectivity index (χ1) is 10.2. The molecule has 6 nitrogen and oxygen atoms in total. The maximum atomic E-state index is 8.58. The van der Waals surface area contributed by atoms with E-state index in [4.69, 9.17) is 24.6 Å². The Labute approximate surface area is 144 Å². The average molecular weight is 396 g/mol. The highest BCUT2D eigenvalue weighted by atomic mass is 79.9. The molecule has 0 fully saturated rings. The van der Waals surface area contributed by atoms with Gasteiger partial charge in [-0.05, 0) is 33.6 Å². The molecule has 0 unspecified atom stereocenters. The van der Waals surface area contributed by atoms with Gasteiger partial charge in [0.15, 0.2) is 18.1 Å². The summed E-state index contributed by atoms with van der Waals surface area (Å²) < 4.78 is 16.5. The highest BCUT2D eigenvalue weighted by Gasteiger charge is 2.11. The van der Waals surface area contributed by atoms with E-state index in [-0.39, 0.29) is 25.6 Å². The van der Waals surface area contributed by atoms with Crippen LogP contribution in [0, 0.1) is 11.3 Å². The number of rotatable bonds is 10. The van der Waals surface area contributed by atoms with Crippen LogP contribution in [0.2, 0.25) is 0 Å². The molecule has 0 aliphatic rings. The van der Waals surface area contributed by atoms with Gasteiger partial charge in [-0.25, -0.2) is 0 Å². The molecule has 1 rings (SSSR count). The Bertz CT molecular complexity index is 483. The Morgan fingerprint density at radius 3 is 2.77 bits per heavy atom. The van der Waals surface area contributed by atoms with E-state index in [9.17, 15) is 0 Å². The van der Waals surface area contributed by atoms with Crippen molar-refractivity contribution < 1.29 is 19.3 Å². The van der Waals surface area contributed by atoms with E-state index < -0.39 is 0 Å². The van der Waals surface area contributed by atoms with E-state index in [1.807, 2.05) is 18.2 Å². The smallest absolute Gasteiger partial charge is 0.176 e. The van der Waals surface area contributed by atoms with Crippen LogP contribution >= 0.6 is 28.3 Å². The molecule has 1 aromatic carbocycles. The van der Waals surface area contributed by atoms with E-state index in [2.05, 4.69) is 21.2 Å². The third-order valence-corrected chi connectivity index (χ3v) is 3.15. The van der Waals surface area contributed by atoms with E-state index in [0.717, 1.165) is 10.0 Å². The molecular weight excluding hydrogens is 376 g/mol. The highest BCUT2D eigenvalue weighted by molar-refractivity contribution is 9.10. The molecule has 0 aliphatic carbocycles. The molecule has 0 amide bonds. The third kappa shape index (κ3) is 7.29. The lowest BCUT2D eigenvalue weighted by Crippen LogP contribution is -2.20. The molecule has 1 aromatic rings.